The van der Waals surface area contributed by atoms with E-state index >= 15 is 0 Å². The fraction of sp³-hybridized carbons (Fsp3) is 0.477. The molecule has 0 saturated heterocycles. The van der Waals surface area contributed by atoms with Crippen molar-refractivity contribution in [3.63, 3.8) is 0 Å². The van der Waals surface area contributed by atoms with Crippen LogP contribution in [0.4, 0.5) is 34.9 Å². The summed E-state index contributed by atoms with van der Waals surface area (Å²) in [5.74, 6) is 3.08. The van der Waals surface area contributed by atoms with Crippen LogP contribution in [0, 0.1) is 6.07 Å². The number of aromatic amines is 2. The minimum absolute atomic E-state index is 0. The van der Waals surface area contributed by atoms with Crippen molar-refractivity contribution >= 4 is 128 Å². The second-order valence-corrected chi connectivity index (χ2v) is 32.4. The first-order valence-corrected chi connectivity index (χ1v) is 40.4. The van der Waals surface area contributed by atoms with Crippen LogP contribution in [-0.2, 0) is 70.6 Å². The molecular formula is C88H139N19O2S2Y-2. The SMILES string of the molecule is CC.CC.CC.CC.CC.CC.CC.CC(C)(C)c1[c-]c(C(=[N-])N)ccc1.CC(C)(C)c1cccc2c(N)n[nH]c12.CC(C)(C)c1cccc2c(N)noc12.CC(C)(C)c1cccc2c(N)nsc12.CC(C)(C)c1nccc2c(N)n[nH]c12.CC(C)(C)c1nccc2c(N)noc12.CC(C)(C)c1nccc2c(N)nsc12.[Y]. The number of benzene rings is 4. The van der Waals surface area contributed by atoms with Gasteiger partial charge in [0.2, 0.25) is 0 Å². The summed E-state index contributed by atoms with van der Waals surface area (Å²) in [7, 11) is 0. The Kier molecular flexibility index (Phi) is 45.0. The van der Waals surface area contributed by atoms with Gasteiger partial charge < -0.3 is 54.6 Å². The number of anilines is 6. The second-order valence-electron chi connectivity index (χ2n) is 30.8. The molecule has 0 aliphatic rings. The molecule has 24 heteroatoms. The van der Waals surface area contributed by atoms with Crippen LogP contribution >= 0.6 is 23.1 Å². The van der Waals surface area contributed by atoms with Gasteiger partial charge in [0.25, 0.3) is 0 Å². The molecular weight excluding hydrogens is 1510 g/mol. The van der Waals surface area contributed by atoms with E-state index in [2.05, 4.69) is 218 Å². The summed E-state index contributed by atoms with van der Waals surface area (Å²) in [6, 6.07) is 32.6. The molecule has 9 aromatic heterocycles. The summed E-state index contributed by atoms with van der Waals surface area (Å²) in [6.45, 7) is 72.9. The Bertz CT molecular complexity index is 4140. The molecule has 21 nitrogen and oxygen atoms in total. The maximum Gasteiger partial charge on any atom is 0.191 e. The van der Waals surface area contributed by atoms with Crippen LogP contribution < -0.4 is 40.1 Å². The molecule has 0 aliphatic heterocycles. The van der Waals surface area contributed by atoms with Gasteiger partial charge in [-0.15, -0.1) is 29.8 Å². The van der Waals surface area contributed by atoms with Crippen molar-refractivity contribution in [1.82, 2.24) is 54.4 Å². The predicted molar refractivity (Wildman–Crippen MR) is 487 cm³/mol. The Balaban J connectivity index is 0. The van der Waals surface area contributed by atoms with E-state index < -0.39 is 0 Å². The molecule has 0 unspecified atom stereocenters. The fourth-order valence-electron chi connectivity index (χ4n) is 10.3. The summed E-state index contributed by atoms with van der Waals surface area (Å²) in [5.41, 5.74) is 51.7. The smallest absolute Gasteiger partial charge is 0.191 e. The van der Waals surface area contributed by atoms with E-state index in [1.54, 1.807) is 24.7 Å². The van der Waals surface area contributed by atoms with Gasteiger partial charge in [0.15, 0.2) is 34.4 Å². The first kappa shape index (κ1) is 105. The number of nitrogens with one attached hydrogen (secondary N) is 2. The van der Waals surface area contributed by atoms with Crippen LogP contribution in [-0.4, -0.2) is 60.2 Å². The van der Waals surface area contributed by atoms with Gasteiger partial charge in [-0.3, -0.25) is 25.1 Å². The molecule has 9 heterocycles. The van der Waals surface area contributed by atoms with E-state index in [0.29, 0.717) is 46.1 Å². The quantitative estimate of drug-likeness (QED) is 0.0419. The zero-order chi connectivity index (χ0) is 86.1. The number of hydrogen-bond donors (Lipinski definition) is 9. The molecule has 0 bridgehead atoms. The molecule has 615 valence electrons. The maximum atomic E-state index is 9.08. The minimum Gasteiger partial charge on any atom is -0.531 e. The summed E-state index contributed by atoms with van der Waals surface area (Å²) in [6.07, 6.45) is 5.30. The molecule has 1 radical (unpaired) electrons. The normalized spacial score (nSPS) is 10.8. The molecule has 0 spiro atoms. The van der Waals surface area contributed by atoms with Gasteiger partial charge in [-0.25, -0.2) is 0 Å². The largest absolute Gasteiger partial charge is 0.531 e. The zero-order valence-electron chi connectivity index (χ0n) is 74.6. The van der Waals surface area contributed by atoms with E-state index in [0.717, 1.165) is 81.8 Å². The first-order chi connectivity index (χ1) is 51.9. The average molecular weight is 1650 g/mol. The average Bonchev–Trinajstić information content (AvgIpc) is 1.71. The molecule has 0 amide bonds. The number of pyridine rings is 3. The van der Waals surface area contributed by atoms with Crippen LogP contribution in [0.25, 0.3) is 69.3 Å². The second kappa shape index (κ2) is 47.8. The van der Waals surface area contributed by atoms with Gasteiger partial charge in [0.05, 0.1) is 48.3 Å². The summed E-state index contributed by atoms with van der Waals surface area (Å²) in [5, 5.41) is 36.3. The Morgan fingerprint density at radius 1 is 0.357 bits per heavy atom. The molecule has 0 fully saturated rings. The third kappa shape index (κ3) is 29.7. The van der Waals surface area contributed by atoms with Crippen molar-refractivity contribution < 1.29 is 41.8 Å². The molecule has 4 aromatic carbocycles. The van der Waals surface area contributed by atoms with E-state index in [4.69, 9.17) is 54.6 Å². The first-order valence-electron chi connectivity index (χ1n) is 38.9. The summed E-state index contributed by atoms with van der Waals surface area (Å²) >= 11 is 2.92. The van der Waals surface area contributed by atoms with Crippen LogP contribution in [0.5, 0.6) is 0 Å². The van der Waals surface area contributed by atoms with Gasteiger partial charge in [0, 0.05) is 94.7 Å². The van der Waals surface area contributed by atoms with Crippen LogP contribution in [0.2, 0.25) is 0 Å². The number of fused-ring (bicyclic) bond motifs is 6. The summed E-state index contributed by atoms with van der Waals surface area (Å²) in [4.78, 5) is 13.1. The number of amidine groups is 1. The molecule has 0 aliphatic carbocycles. The van der Waals surface area contributed by atoms with Crippen molar-refractivity contribution in [3.05, 3.63) is 166 Å². The molecule has 13 rings (SSSR count). The third-order valence-electron chi connectivity index (χ3n) is 15.5. The topological polar surface area (TPSA) is 378 Å². The predicted octanol–water partition coefficient (Wildman–Crippen LogP) is 24.1. The molecule has 13 aromatic rings. The van der Waals surface area contributed by atoms with Gasteiger partial charge in [-0.1, -0.05) is 289 Å². The van der Waals surface area contributed by atoms with Crippen molar-refractivity contribution in [2.24, 2.45) is 5.73 Å². The Morgan fingerprint density at radius 2 is 0.705 bits per heavy atom. The number of nitrogen functional groups attached to an aromatic ring is 6. The van der Waals surface area contributed by atoms with Crippen LogP contribution in [0.3, 0.4) is 0 Å². The summed E-state index contributed by atoms with van der Waals surface area (Å²) < 4.78 is 21.1. The molecule has 16 N–H and O–H groups in total. The standard InChI is InChI=1S/C11H15N3.C11H14N2O.C11H14N2S.C11H14N2.C10H14N4.C10H13N3O.C10H13N3S.7C2H6.Y/c1-11(2,3)8-6-4-5-7-9(8)13-14-10(7)12;2*1-11(2,3)8-6-4-5-7-9(8)14-13-10(7)12;1-11(2,3)9-6-4-5-8(7-9)10(12)13;1-10(2,3)8-7-6(4-5-12-8)9(11)14-13-7;2*1-10(2,3)8-7-6(4-5-12-8)9(11)13-14-7;7*1-2;/h4-6H,1-3H3,(H3,12,13,14);2*4-6H,1-3H3,(H2,12,13);4-6H,1-3H3,(H2-,12,13);4-5H,1-3H3,(H3,11,13,14);2*4-5H,1-3H3,(H2,11,13);7*1-2H3;/q;;;-2;;;;;;;;;;;. The Labute approximate surface area is 704 Å². The number of aromatic nitrogens is 11. The van der Waals surface area contributed by atoms with E-state index in [1.165, 1.54) is 38.9 Å². The third-order valence-corrected chi connectivity index (χ3v) is 17.3. The maximum absolute atomic E-state index is 9.08. The minimum atomic E-state index is -0.175. The van der Waals surface area contributed by atoms with E-state index in [9.17, 15) is 0 Å². The van der Waals surface area contributed by atoms with Gasteiger partial charge in [-0.2, -0.15) is 30.3 Å². The number of rotatable bonds is 1. The van der Waals surface area contributed by atoms with Gasteiger partial charge in [0.1, 0.15) is 11.6 Å². The molecule has 112 heavy (non-hydrogen) atoms. The Morgan fingerprint density at radius 3 is 1.15 bits per heavy atom. The number of nitrogens with zero attached hydrogens (tertiary/aromatic N) is 10. The van der Waals surface area contributed by atoms with E-state index in [1.807, 2.05) is 170 Å². The number of hydrogen-bond acceptors (Lipinski definition) is 19. The van der Waals surface area contributed by atoms with E-state index in [-0.39, 0.29) is 76.4 Å². The van der Waals surface area contributed by atoms with Crippen molar-refractivity contribution in [2.75, 3.05) is 34.4 Å². The van der Waals surface area contributed by atoms with Crippen LogP contribution in [0.15, 0.2) is 119 Å². The number of nitrogens with two attached hydrogens (primary N) is 7. The Hall–Kier alpha value is -8.64. The van der Waals surface area contributed by atoms with Crippen molar-refractivity contribution in [2.45, 2.75) is 280 Å². The number of H-pyrrole nitrogens is 2. The van der Waals surface area contributed by atoms with Gasteiger partial charge >= 0.3 is 0 Å². The zero-order valence-corrected chi connectivity index (χ0v) is 79.1. The fourth-order valence-corrected chi connectivity index (χ4v) is 12.3. The van der Waals surface area contributed by atoms with Gasteiger partial charge in [-0.05, 0) is 92.3 Å². The van der Waals surface area contributed by atoms with Crippen LogP contribution in [0.1, 0.15) is 287 Å². The molecule has 0 saturated carbocycles. The van der Waals surface area contributed by atoms with Crippen molar-refractivity contribution in [3.8, 4) is 0 Å². The van der Waals surface area contributed by atoms with Crippen molar-refractivity contribution in [1.29, 1.82) is 0 Å². The number of para-hydroxylation sites is 2. The molecule has 0 atom stereocenters. The monoisotopic (exact) mass is 1650 g/mol.